The summed E-state index contributed by atoms with van der Waals surface area (Å²) in [6, 6.07) is 0. The number of hydrogen-bond acceptors (Lipinski definition) is 2. The van der Waals surface area contributed by atoms with E-state index < -0.39 is 0 Å². The quantitative estimate of drug-likeness (QED) is 0.253. The molecule has 0 radical (unpaired) electrons. The highest BCUT2D eigenvalue weighted by Crippen LogP contribution is 2.15. The first kappa shape index (κ1) is 22.5. The van der Waals surface area contributed by atoms with Crippen molar-refractivity contribution < 1.29 is 9.63 Å². The van der Waals surface area contributed by atoms with E-state index in [9.17, 15) is 4.79 Å². The summed E-state index contributed by atoms with van der Waals surface area (Å²) in [6.45, 7) is 3.79. The number of carbonyl (C=O) groups excluding carboxylic acids is 1. The molecule has 0 spiro atoms. The minimum Gasteiger partial charge on any atom is -0.273 e. The van der Waals surface area contributed by atoms with Crippen LogP contribution in [0.3, 0.4) is 0 Å². The highest BCUT2D eigenvalue weighted by molar-refractivity contribution is 5.75. The van der Waals surface area contributed by atoms with Crippen LogP contribution in [0.4, 0.5) is 0 Å². The molecule has 1 aliphatic rings. The van der Waals surface area contributed by atoms with E-state index in [0.29, 0.717) is 13.0 Å². The number of rotatable bonds is 18. The van der Waals surface area contributed by atoms with Gasteiger partial charge in [-0.25, -0.2) is 5.06 Å². The minimum absolute atomic E-state index is 0.173. The van der Waals surface area contributed by atoms with Gasteiger partial charge in [-0.3, -0.25) is 9.63 Å². The van der Waals surface area contributed by atoms with Gasteiger partial charge in [-0.05, 0) is 6.42 Å². The van der Waals surface area contributed by atoms with Crippen molar-refractivity contribution in [3.05, 3.63) is 0 Å². The maximum absolute atomic E-state index is 11.6. The molecular formula is C22H43NO2. The molecular weight excluding hydrogens is 310 g/mol. The van der Waals surface area contributed by atoms with E-state index in [4.69, 9.17) is 4.84 Å². The standard InChI is InChI=1S/C22H43NO2/c1-2-3-4-5-6-7-8-9-10-11-12-13-14-15-16-17-18-19-22(24)23-20-21-25-23/h2-21H2,1H3. The summed E-state index contributed by atoms with van der Waals surface area (Å²) in [7, 11) is 0. The van der Waals surface area contributed by atoms with E-state index in [1.54, 1.807) is 0 Å². The fraction of sp³-hybridized carbons (Fsp3) is 0.955. The van der Waals surface area contributed by atoms with Crippen molar-refractivity contribution in [1.29, 1.82) is 0 Å². The van der Waals surface area contributed by atoms with E-state index >= 15 is 0 Å². The van der Waals surface area contributed by atoms with Crippen LogP contribution < -0.4 is 0 Å². The summed E-state index contributed by atoms with van der Waals surface area (Å²) >= 11 is 0. The third kappa shape index (κ3) is 13.3. The number of amides is 1. The first-order valence-electron chi connectivity index (χ1n) is 11.3. The molecule has 0 saturated carbocycles. The van der Waals surface area contributed by atoms with Crippen molar-refractivity contribution in [2.24, 2.45) is 0 Å². The van der Waals surface area contributed by atoms with Crippen LogP contribution in [0.5, 0.6) is 0 Å². The van der Waals surface area contributed by atoms with Gasteiger partial charge in [-0.1, -0.05) is 110 Å². The minimum atomic E-state index is 0.173. The highest BCUT2D eigenvalue weighted by atomic mass is 16.7. The van der Waals surface area contributed by atoms with E-state index in [1.165, 1.54) is 108 Å². The van der Waals surface area contributed by atoms with Crippen LogP contribution in [0.25, 0.3) is 0 Å². The first-order valence-corrected chi connectivity index (χ1v) is 11.3. The van der Waals surface area contributed by atoms with Crippen molar-refractivity contribution in [3.63, 3.8) is 0 Å². The fourth-order valence-corrected chi connectivity index (χ4v) is 3.51. The van der Waals surface area contributed by atoms with E-state index in [1.807, 2.05) is 0 Å². The zero-order chi connectivity index (χ0) is 18.0. The second kappa shape index (κ2) is 16.9. The van der Waals surface area contributed by atoms with Gasteiger partial charge in [-0.2, -0.15) is 0 Å². The SMILES string of the molecule is CCCCCCCCCCCCCCCCCCCC(=O)N1CCO1. The molecule has 1 rings (SSSR count). The van der Waals surface area contributed by atoms with Crippen LogP contribution in [-0.4, -0.2) is 24.1 Å². The number of hydroxylamine groups is 2. The Labute approximate surface area is 156 Å². The van der Waals surface area contributed by atoms with Crippen LogP contribution in [0, 0.1) is 0 Å². The molecule has 3 heteroatoms. The smallest absolute Gasteiger partial charge is 0.246 e. The van der Waals surface area contributed by atoms with Gasteiger partial charge < -0.3 is 0 Å². The van der Waals surface area contributed by atoms with Crippen LogP contribution in [-0.2, 0) is 9.63 Å². The Bertz CT molecular complexity index is 302. The Hall–Kier alpha value is -0.570. The van der Waals surface area contributed by atoms with Gasteiger partial charge in [0.25, 0.3) is 0 Å². The topological polar surface area (TPSA) is 29.5 Å². The molecule has 3 nitrogen and oxygen atoms in total. The lowest BCUT2D eigenvalue weighted by atomic mass is 10.0. The molecule has 0 atom stereocenters. The Morgan fingerprint density at radius 1 is 0.680 bits per heavy atom. The molecule has 25 heavy (non-hydrogen) atoms. The summed E-state index contributed by atoms with van der Waals surface area (Å²) < 4.78 is 0. The summed E-state index contributed by atoms with van der Waals surface area (Å²) in [5.41, 5.74) is 0. The van der Waals surface area contributed by atoms with Crippen LogP contribution in [0.2, 0.25) is 0 Å². The number of hydrogen-bond donors (Lipinski definition) is 0. The molecule has 1 amide bonds. The molecule has 1 heterocycles. The van der Waals surface area contributed by atoms with Gasteiger partial charge in [0, 0.05) is 6.42 Å². The number of nitrogens with zero attached hydrogens (tertiary/aromatic N) is 1. The molecule has 1 fully saturated rings. The van der Waals surface area contributed by atoms with Crippen LogP contribution >= 0.6 is 0 Å². The monoisotopic (exact) mass is 353 g/mol. The van der Waals surface area contributed by atoms with Crippen molar-refractivity contribution in [1.82, 2.24) is 5.06 Å². The van der Waals surface area contributed by atoms with Crippen molar-refractivity contribution in [2.45, 2.75) is 122 Å². The highest BCUT2D eigenvalue weighted by Gasteiger charge is 2.20. The molecule has 0 aromatic rings. The van der Waals surface area contributed by atoms with Crippen molar-refractivity contribution >= 4 is 5.91 Å². The summed E-state index contributed by atoms with van der Waals surface area (Å²) in [5.74, 6) is 0.173. The zero-order valence-corrected chi connectivity index (χ0v) is 16.9. The van der Waals surface area contributed by atoms with Gasteiger partial charge in [0.2, 0.25) is 5.91 Å². The Morgan fingerprint density at radius 3 is 1.36 bits per heavy atom. The second-order valence-electron chi connectivity index (χ2n) is 7.74. The molecule has 0 aromatic carbocycles. The molecule has 0 aromatic heterocycles. The molecule has 1 aliphatic heterocycles. The van der Waals surface area contributed by atoms with E-state index in [-0.39, 0.29) is 5.91 Å². The summed E-state index contributed by atoms with van der Waals surface area (Å²) in [4.78, 5) is 16.6. The Balaban J connectivity index is 1.66. The van der Waals surface area contributed by atoms with Crippen LogP contribution in [0.1, 0.15) is 122 Å². The zero-order valence-electron chi connectivity index (χ0n) is 16.9. The van der Waals surface area contributed by atoms with Crippen LogP contribution in [0.15, 0.2) is 0 Å². The van der Waals surface area contributed by atoms with Crippen molar-refractivity contribution in [2.75, 3.05) is 13.2 Å². The molecule has 0 N–H and O–H groups in total. The van der Waals surface area contributed by atoms with Gasteiger partial charge in [-0.15, -0.1) is 0 Å². The lowest BCUT2D eigenvalue weighted by Crippen LogP contribution is -2.43. The largest absolute Gasteiger partial charge is 0.273 e. The second-order valence-corrected chi connectivity index (χ2v) is 7.74. The molecule has 0 bridgehead atoms. The lowest BCUT2D eigenvalue weighted by molar-refractivity contribution is -0.239. The third-order valence-electron chi connectivity index (χ3n) is 5.31. The lowest BCUT2D eigenvalue weighted by Gasteiger charge is -2.29. The molecule has 148 valence electrons. The van der Waals surface area contributed by atoms with Gasteiger partial charge in [0.1, 0.15) is 0 Å². The Morgan fingerprint density at radius 2 is 1.04 bits per heavy atom. The summed E-state index contributed by atoms with van der Waals surface area (Å²) in [5, 5.41) is 1.51. The molecule has 1 saturated heterocycles. The van der Waals surface area contributed by atoms with E-state index in [2.05, 4.69) is 6.92 Å². The summed E-state index contributed by atoms with van der Waals surface area (Å²) in [6.07, 6.45) is 24.1. The predicted molar refractivity (Wildman–Crippen MR) is 106 cm³/mol. The molecule has 0 unspecified atom stereocenters. The van der Waals surface area contributed by atoms with Gasteiger partial charge in [0.15, 0.2) is 0 Å². The molecule has 0 aliphatic carbocycles. The van der Waals surface area contributed by atoms with Crippen molar-refractivity contribution in [3.8, 4) is 0 Å². The number of carbonyl (C=O) groups is 1. The number of unbranched alkanes of at least 4 members (excludes halogenated alkanes) is 16. The average Bonchev–Trinajstić information content (AvgIpc) is 2.56. The van der Waals surface area contributed by atoms with E-state index in [0.717, 1.165) is 13.0 Å². The van der Waals surface area contributed by atoms with Gasteiger partial charge in [0.05, 0.1) is 13.2 Å². The first-order chi connectivity index (χ1) is 12.3. The maximum Gasteiger partial charge on any atom is 0.246 e. The fourth-order valence-electron chi connectivity index (χ4n) is 3.51. The Kier molecular flexibility index (Phi) is 15.2. The van der Waals surface area contributed by atoms with Gasteiger partial charge >= 0.3 is 0 Å². The average molecular weight is 354 g/mol. The normalized spacial score (nSPS) is 13.9. The third-order valence-corrected chi connectivity index (χ3v) is 5.31. The predicted octanol–water partition coefficient (Wildman–Crippen LogP) is 6.80. The maximum atomic E-state index is 11.6.